The van der Waals surface area contributed by atoms with Crippen LogP contribution in [0, 0.1) is 0 Å². The molecule has 0 aromatic rings. The van der Waals surface area contributed by atoms with Gasteiger partial charge < -0.3 is 10.4 Å². The molecule has 3 atom stereocenters. The van der Waals surface area contributed by atoms with Crippen molar-refractivity contribution in [3.63, 3.8) is 0 Å². The Balaban J connectivity index is 1.73. The first-order chi connectivity index (χ1) is 7.16. The Bertz CT molecular complexity index is 283. The monoisotopic (exact) mass is 247 g/mol. The zero-order chi connectivity index (χ0) is 10.8. The van der Waals surface area contributed by atoms with Crippen LogP contribution in [0.5, 0.6) is 0 Å². The maximum absolute atomic E-state index is 10.8. The van der Waals surface area contributed by atoms with Gasteiger partial charge in [0.15, 0.2) is 6.04 Å². The van der Waals surface area contributed by atoms with E-state index in [0.717, 1.165) is 13.1 Å². The van der Waals surface area contributed by atoms with E-state index in [1.54, 1.807) is 5.55 Å². The third-order valence-corrected chi connectivity index (χ3v) is 4.02. The lowest BCUT2D eigenvalue weighted by Gasteiger charge is -2.37. The lowest BCUT2D eigenvalue weighted by molar-refractivity contribution is -0.138. The van der Waals surface area contributed by atoms with Gasteiger partial charge in [0.2, 0.25) is 0 Å². The van der Waals surface area contributed by atoms with Crippen molar-refractivity contribution in [2.75, 3.05) is 19.6 Å². The molecule has 2 aliphatic heterocycles. The highest BCUT2D eigenvalue weighted by atomic mass is 32.2. The lowest BCUT2D eigenvalue weighted by Crippen LogP contribution is -2.55. The molecule has 2 heterocycles. The summed E-state index contributed by atoms with van der Waals surface area (Å²) in [6.45, 7) is 2.74. The van der Waals surface area contributed by atoms with Crippen LogP contribution in [-0.4, -0.2) is 58.3 Å². The Morgan fingerprint density at radius 1 is 1.73 bits per heavy atom. The van der Waals surface area contributed by atoms with Gasteiger partial charge >= 0.3 is 5.97 Å². The van der Waals surface area contributed by atoms with Crippen molar-refractivity contribution >= 4 is 32.7 Å². The van der Waals surface area contributed by atoms with E-state index in [1.807, 2.05) is 0 Å². The molecule has 84 valence electrons. The second kappa shape index (κ2) is 4.78. The second-order valence-electron chi connectivity index (χ2n) is 3.77. The molecule has 7 heteroatoms. The second-order valence-corrected chi connectivity index (χ2v) is 5.59. The number of hydrogen-bond acceptors (Lipinski definition) is 5. The van der Waals surface area contributed by atoms with Gasteiger partial charge in [0.05, 0.1) is 10.8 Å². The van der Waals surface area contributed by atoms with E-state index in [0.29, 0.717) is 12.6 Å². The SMILES string of the molecule is O=C(O)C1N=CSC1CNC1CN(P)C1. The summed E-state index contributed by atoms with van der Waals surface area (Å²) >= 11 is 1.50. The number of carbonyl (C=O) groups is 1. The molecular formula is C8H14N3O2PS. The van der Waals surface area contributed by atoms with Gasteiger partial charge in [-0.25, -0.2) is 4.79 Å². The summed E-state index contributed by atoms with van der Waals surface area (Å²) in [4.78, 5) is 14.8. The largest absolute Gasteiger partial charge is 0.480 e. The number of carboxylic acids is 1. The molecule has 1 saturated heterocycles. The van der Waals surface area contributed by atoms with Crippen molar-refractivity contribution in [3.05, 3.63) is 0 Å². The fourth-order valence-corrected chi connectivity index (χ4v) is 3.05. The molecule has 2 rings (SSSR count). The van der Waals surface area contributed by atoms with Gasteiger partial charge in [-0.1, -0.05) is 9.39 Å². The highest BCUT2D eigenvalue weighted by Crippen LogP contribution is 2.22. The van der Waals surface area contributed by atoms with E-state index in [4.69, 9.17) is 5.11 Å². The molecule has 0 amide bonds. The van der Waals surface area contributed by atoms with Crippen LogP contribution in [0.1, 0.15) is 0 Å². The number of thioether (sulfide) groups is 1. The standard InChI is InChI=1S/C8H14N3O2PS/c12-8(13)7-6(15-4-10-7)1-9-5-2-11(14)3-5/h4-7,9H,1-3,14H2,(H,12,13). The minimum atomic E-state index is -0.829. The molecule has 3 unspecified atom stereocenters. The Morgan fingerprint density at radius 2 is 2.47 bits per heavy atom. The van der Waals surface area contributed by atoms with Gasteiger partial charge in [0, 0.05) is 25.7 Å². The average Bonchev–Trinajstić information content (AvgIpc) is 2.58. The Kier molecular flexibility index (Phi) is 3.61. The number of nitrogens with zero attached hydrogens (tertiary/aromatic N) is 2. The van der Waals surface area contributed by atoms with Crippen molar-refractivity contribution < 1.29 is 9.90 Å². The molecule has 0 saturated carbocycles. The highest BCUT2D eigenvalue weighted by Gasteiger charge is 2.32. The predicted octanol–water partition coefficient (Wildman–Crippen LogP) is -0.353. The summed E-state index contributed by atoms with van der Waals surface area (Å²) in [5, 5.41) is 12.3. The molecule has 0 bridgehead atoms. The molecule has 15 heavy (non-hydrogen) atoms. The molecule has 0 radical (unpaired) electrons. The molecule has 1 fully saturated rings. The number of hydrogen-bond donors (Lipinski definition) is 2. The summed E-state index contributed by atoms with van der Waals surface area (Å²) in [5.41, 5.74) is 1.65. The summed E-state index contributed by atoms with van der Waals surface area (Å²) in [5.74, 6) is -0.829. The zero-order valence-corrected chi connectivity index (χ0v) is 10.1. The van der Waals surface area contributed by atoms with Crippen LogP contribution in [0.25, 0.3) is 0 Å². The molecule has 0 aromatic carbocycles. The predicted molar refractivity (Wildman–Crippen MR) is 64.4 cm³/mol. The first kappa shape index (κ1) is 11.3. The van der Waals surface area contributed by atoms with Crippen LogP contribution >= 0.6 is 21.2 Å². The van der Waals surface area contributed by atoms with Gasteiger partial charge in [-0.2, -0.15) is 0 Å². The molecular weight excluding hydrogens is 233 g/mol. The van der Waals surface area contributed by atoms with Gasteiger partial charge in [-0.3, -0.25) is 9.66 Å². The van der Waals surface area contributed by atoms with Crippen molar-refractivity contribution in [3.8, 4) is 0 Å². The van der Waals surface area contributed by atoms with E-state index in [2.05, 4.69) is 24.4 Å². The number of carboxylic acid groups (broad SMARTS) is 1. The van der Waals surface area contributed by atoms with Gasteiger partial charge in [0.25, 0.3) is 0 Å². The molecule has 0 aliphatic carbocycles. The molecule has 5 nitrogen and oxygen atoms in total. The van der Waals surface area contributed by atoms with Gasteiger partial charge in [0.1, 0.15) is 0 Å². The molecule has 2 N–H and O–H groups in total. The van der Waals surface area contributed by atoms with Crippen molar-refractivity contribution in [2.45, 2.75) is 17.3 Å². The van der Waals surface area contributed by atoms with E-state index in [1.165, 1.54) is 11.8 Å². The summed E-state index contributed by atoms with van der Waals surface area (Å²) < 4.78 is 2.14. The maximum Gasteiger partial charge on any atom is 0.329 e. The fourth-order valence-electron chi connectivity index (χ4n) is 1.66. The number of rotatable bonds is 4. The molecule has 0 aromatic heterocycles. The van der Waals surface area contributed by atoms with Crippen molar-refractivity contribution in [1.82, 2.24) is 9.99 Å². The fraction of sp³-hybridized carbons (Fsp3) is 0.750. The summed E-state index contributed by atoms with van der Waals surface area (Å²) in [7, 11) is 2.65. The van der Waals surface area contributed by atoms with Crippen LogP contribution in [0.15, 0.2) is 4.99 Å². The van der Waals surface area contributed by atoms with E-state index in [9.17, 15) is 4.79 Å². The summed E-state index contributed by atoms with van der Waals surface area (Å²) in [6.07, 6.45) is 0. The van der Waals surface area contributed by atoms with E-state index < -0.39 is 12.0 Å². The lowest BCUT2D eigenvalue weighted by atomic mass is 10.1. The first-order valence-electron chi connectivity index (χ1n) is 4.80. The molecule has 0 spiro atoms. The minimum Gasteiger partial charge on any atom is -0.480 e. The van der Waals surface area contributed by atoms with Crippen LogP contribution in [0.3, 0.4) is 0 Å². The smallest absolute Gasteiger partial charge is 0.329 e. The third kappa shape index (κ3) is 2.69. The normalized spacial score (nSPS) is 31.8. The van der Waals surface area contributed by atoms with Crippen LogP contribution < -0.4 is 5.32 Å². The van der Waals surface area contributed by atoms with Crippen LogP contribution in [-0.2, 0) is 4.79 Å². The first-order valence-corrected chi connectivity index (χ1v) is 6.25. The zero-order valence-electron chi connectivity index (χ0n) is 8.17. The third-order valence-electron chi connectivity index (χ3n) is 2.58. The summed E-state index contributed by atoms with van der Waals surface area (Å²) in [6, 6.07) is -0.0761. The topological polar surface area (TPSA) is 64.9 Å². The van der Waals surface area contributed by atoms with E-state index >= 15 is 0 Å². The Morgan fingerprint density at radius 3 is 3.07 bits per heavy atom. The van der Waals surface area contributed by atoms with Gasteiger partial charge in [-0.15, -0.1) is 11.8 Å². The molecule has 2 aliphatic rings. The quantitative estimate of drug-likeness (QED) is 0.665. The average molecular weight is 247 g/mol. The van der Waals surface area contributed by atoms with Crippen molar-refractivity contribution in [2.24, 2.45) is 4.99 Å². The number of nitrogens with one attached hydrogen (secondary N) is 1. The Labute approximate surface area is 95.0 Å². The number of aliphatic imine (C=N–C) groups is 1. The van der Waals surface area contributed by atoms with Crippen LogP contribution in [0.2, 0.25) is 0 Å². The maximum atomic E-state index is 10.8. The van der Waals surface area contributed by atoms with Gasteiger partial charge in [-0.05, 0) is 0 Å². The highest BCUT2D eigenvalue weighted by molar-refractivity contribution is 8.13. The van der Waals surface area contributed by atoms with Crippen LogP contribution in [0.4, 0.5) is 0 Å². The van der Waals surface area contributed by atoms with Crippen molar-refractivity contribution in [1.29, 1.82) is 0 Å². The Hall–Kier alpha value is -0.160. The minimum absolute atomic E-state index is 0.0426. The van der Waals surface area contributed by atoms with E-state index in [-0.39, 0.29) is 5.25 Å². The number of aliphatic carboxylic acids is 1.